The second kappa shape index (κ2) is 30.4. The number of alkyl carbamates (subject to hydrolysis) is 1. The monoisotopic (exact) mass is 1210 g/mol. The number of benzene rings is 3. The molecule has 0 saturated carbocycles. The minimum Gasteiger partial charge on any atom is -0.467 e. The number of esters is 1. The van der Waals surface area contributed by atoms with Crippen LogP contribution in [0.3, 0.4) is 0 Å². The highest BCUT2D eigenvalue weighted by molar-refractivity contribution is 6.74. The maximum atomic E-state index is 15.1. The summed E-state index contributed by atoms with van der Waals surface area (Å²) >= 11 is 0. The largest absolute Gasteiger partial charge is 0.467 e. The van der Waals surface area contributed by atoms with E-state index in [-0.39, 0.29) is 49.5 Å². The van der Waals surface area contributed by atoms with Crippen molar-refractivity contribution < 1.29 is 61.7 Å². The van der Waals surface area contributed by atoms with Gasteiger partial charge in [-0.05, 0) is 106 Å². The average Bonchev–Trinajstić information content (AvgIpc) is 1.81. The molecule has 470 valence electrons. The van der Waals surface area contributed by atoms with Crippen molar-refractivity contribution in [2.24, 2.45) is 5.92 Å². The summed E-state index contributed by atoms with van der Waals surface area (Å²) in [4.78, 5) is 115. The van der Waals surface area contributed by atoms with Crippen LogP contribution in [0, 0.1) is 5.92 Å². The molecule has 0 spiro atoms. The van der Waals surface area contributed by atoms with E-state index in [1.807, 2.05) is 89.3 Å². The number of hydrogen-bond donors (Lipinski definition) is 6. The Bertz CT molecular complexity index is 2850. The number of fused-ring (bicyclic) bond motifs is 3. The van der Waals surface area contributed by atoms with Crippen molar-refractivity contribution >= 4 is 55.8 Å². The van der Waals surface area contributed by atoms with Gasteiger partial charge in [0.15, 0.2) is 8.32 Å². The molecule has 9 atom stereocenters. The first-order chi connectivity index (χ1) is 40.4. The van der Waals surface area contributed by atoms with Gasteiger partial charge < -0.3 is 60.2 Å². The molecule has 0 bridgehead atoms. The summed E-state index contributed by atoms with van der Waals surface area (Å²) in [5.41, 5.74) is 2.86. The molecule has 86 heavy (non-hydrogen) atoms. The fraction of sp³-hybridized carbons (Fsp3) is 0.538. The summed E-state index contributed by atoms with van der Waals surface area (Å²) in [6.45, 7) is 30.7. The van der Waals surface area contributed by atoms with Crippen LogP contribution in [-0.2, 0) is 63.4 Å². The Hall–Kier alpha value is -7.20. The molecule has 1 saturated heterocycles. The van der Waals surface area contributed by atoms with Crippen molar-refractivity contribution in [3.05, 3.63) is 121 Å². The third-order valence-corrected chi connectivity index (χ3v) is 21.1. The number of nitrogens with one attached hydrogen (secondary N) is 6. The van der Waals surface area contributed by atoms with E-state index in [9.17, 15) is 33.6 Å². The van der Waals surface area contributed by atoms with Crippen molar-refractivity contribution in [2.45, 2.75) is 185 Å². The summed E-state index contributed by atoms with van der Waals surface area (Å²) in [6, 6.07) is 15.8. The molecule has 1 aliphatic heterocycles. The van der Waals surface area contributed by atoms with Crippen molar-refractivity contribution in [2.75, 3.05) is 33.5 Å². The first-order valence-electron chi connectivity index (χ1n) is 29.7. The summed E-state index contributed by atoms with van der Waals surface area (Å²) in [5, 5.41) is 16.3. The second-order valence-corrected chi connectivity index (χ2v) is 29.8. The third-order valence-electron chi connectivity index (χ3n) is 16.6. The summed E-state index contributed by atoms with van der Waals surface area (Å²) in [6.07, 6.45) is 2.31. The summed E-state index contributed by atoms with van der Waals surface area (Å²) < 4.78 is 29.7. The molecule has 2 aliphatic rings. The standard InChI is InChI=1S/C65H93N7O13Si/c1-17-40(4)53(61(79)81-14)70-56(74)50(38-83-64(10,11)18-2)69-59(77)54(42(6)85-65(12,13)19-3)71-57(75)51(39-84-86(15,16)63(7,8)9)68-55(73)49(36-43-28-21-20-22-29-43)67-58(76)52-34-27-35-72(52)60(78)41(5)66-62(80)82-37-48-46-32-25-23-30-44(46)45-31-24-26-33-47(45)48/h18-26,28-33,40-42,48-54H,2-3,17,27,34-39H2,1,4-16H3,(H,66,80)(H,67,76)(H,68,73)(H,69,77)(H,70,74)(H,71,75)/t40-,41-,42+,49-,50-,51-,52-,53-,54-/m0/s1. The molecule has 6 N–H and O–H groups in total. The highest BCUT2D eigenvalue weighted by Gasteiger charge is 2.43. The highest BCUT2D eigenvalue weighted by Crippen LogP contribution is 2.44. The normalized spacial score (nSPS) is 17.1. The molecule has 20 nitrogen and oxygen atoms in total. The molecule has 0 unspecified atom stereocenters. The minimum absolute atomic E-state index is 0.0362. The van der Waals surface area contributed by atoms with Gasteiger partial charge in [0.25, 0.3) is 0 Å². The lowest BCUT2D eigenvalue weighted by molar-refractivity contribution is -0.147. The summed E-state index contributed by atoms with van der Waals surface area (Å²) in [5.74, 6) is -5.71. The van der Waals surface area contributed by atoms with Crippen LogP contribution in [0.15, 0.2) is 104 Å². The van der Waals surface area contributed by atoms with Crippen LogP contribution in [0.4, 0.5) is 4.79 Å². The van der Waals surface area contributed by atoms with E-state index in [0.717, 1.165) is 22.3 Å². The van der Waals surface area contributed by atoms with Crippen molar-refractivity contribution in [3.63, 3.8) is 0 Å². The van der Waals surface area contributed by atoms with Crippen LogP contribution >= 0.6 is 0 Å². The molecule has 3 aromatic carbocycles. The number of carbonyl (C=O) groups excluding carboxylic acids is 8. The SMILES string of the molecule is C=CC(C)(C)OC[C@H](NC(=O)[C@@H](NC(=O)[C@H](CO[Si](C)(C)C(C)(C)C)NC(=O)[C@H](Cc1ccccc1)NC(=O)[C@@H]1CCCN1C(=O)[C@H](C)NC(=O)OCC1c2ccccc2-c2ccccc21)[C@@H](C)OC(C)(C)C=C)C(=O)N[C@H](C(=O)OC)[C@@H](C)CC. The number of carbonyl (C=O) groups is 8. The molecule has 0 aromatic heterocycles. The molecular weight excluding hydrogens is 1110 g/mol. The Labute approximate surface area is 509 Å². The van der Waals surface area contributed by atoms with Gasteiger partial charge >= 0.3 is 12.1 Å². The van der Waals surface area contributed by atoms with Gasteiger partial charge in [-0.25, -0.2) is 9.59 Å². The first-order valence-corrected chi connectivity index (χ1v) is 32.6. The number of rotatable bonds is 30. The third kappa shape index (κ3) is 18.7. The van der Waals surface area contributed by atoms with E-state index >= 15 is 4.79 Å². The van der Waals surface area contributed by atoms with E-state index in [1.165, 1.54) is 31.1 Å². The number of nitrogens with zero attached hydrogens (tertiary/aromatic N) is 1. The second-order valence-electron chi connectivity index (χ2n) is 25.0. The van der Waals surface area contributed by atoms with Crippen molar-refractivity contribution in [1.82, 2.24) is 36.8 Å². The van der Waals surface area contributed by atoms with E-state index in [1.54, 1.807) is 71.9 Å². The van der Waals surface area contributed by atoms with Gasteiger partial charge in [0.1, 0.15) is 48.9 Å². The fourth-order valence-corrected chi connectivity index (χ4v) is 10.8. The Morgan fingerprint density at radius 3 is 1.77 bits per heavy atom. The zero-order valence-corrected chi connectivity index (χ0v) is 53.8. The Morgan fingerprint density at radius 1 is 0.674 bits per heavy atom. The van der Waals surface area contributed by atoms with Crippen LogP contribution in [0.1, 0.15) is 118 Å². The molecule has 7 amide bonds. The van der Waals surface area contributed by atoms with Crippen molar-refractivity contribution in [3.8, 4) is 11.1 Å². The average molecular weight is 1210 g/mol. The molecule has 1 heterocycles. The quantitative estimate of drug-likeness (QED) is 0.0220. The lowest BCUT2D eigenvalue weighted by Gasteiger charge is -2.38. The van der Waals surface area contributed by atoms with E-state index in [2.05, 4.69) is 45.1 Å². The lowest BCUT2D eigenvalue weighted by atomic mass is 9.98. The lowest BCUT2D eigenvalue weighted by Crippen LogP contribution is -2.64. The van der Waals surface area contributed by atoms with Gasteiger partial charge in [0.05, 0.1) is 37.6 Å². The van der Waals surface area contributed by atoms with Gasteiger partial charge in [-0.3, -0.25) is 28.8 Å². The minimum atomic E-state index is -2.68. The summed E-state index contributed by atoms with van der Waals surface area (Å²) in [7, 11) is -1.47. The van der Waals surface area contributed by atoms with Crippen LogP contribution in [-0.4, -0.2) is 154 Å². The predicted octanol–water partition coefficient (Wildman–Crippen LogP) is 7.16. The molecule has 21 heteroatoms. The van der Waals surface area contributed by atoms with Crippen LogP contribution in [0.2, 0.25) is 18.1 Å². The zero-order chi connectivity index (χ0) is 63.9. The topological polar surface area (TPSA) is 258 Å². The number of ether oxygens (including phenoxy) is 4. The van der Waals surface area contributed by atoms with Crippen molar-refractivity contribution in [1.29, 1.82) is 0 Å². The zero-order valence-electron chi connectivity index (χ0n) is 52.8. The Balaban J connectivity index is 1.40. The van der Waals surface area contributed by atoms with Crippen LogP contribution < -0.4 is 31.9 Å². The number of methoxy groups -OCH3 is 1. The molecule has 5 rings (SSSR count). The number of likely N-dealkylation sites (tertiary alicyclic amines) is 1. The van der Waals surface area contributed by atoms with E-state index in [4.69, 9.17) is 23.4 Å². The maximum Gasteiger partial charge on any atom is 0.407 e. The predicted molar refractivity (Wildman–Crippen MR) is 332 cm³/mol. The number of amides is 7. The van der Waals surface area contributed by atoms with Gasteiger partial charge in [-0.1, -0.05) is 132 Å². The van der Waals surface area contributed by atoms with Gasteiger partial charge in [-0.2, -0.15) is 0 Å². The smallest absolute Gasteiger partial charge is 0.407 e. The van der Waals surface area contributed by atoms with Gasteiger partial charge in [-0.15, -0.1) is 13.2 Å². The first kappa shape index (κ1) is 69.6. The van der Waals surface area contributed by atoms with E-state index < -0.39 is 122 Å². The molecule has 0 radical (unpaired) electrons. The van der Waals surface area contributed by atoms with Crippen LogP contribution in [0.25, 0.3) is 11.1 Å². The molecule has 1 aliphatic carbocycles. The van der Waals surface area contributed by atoms with Gasteiger partial charge in [0.2, 0.25) is 35.4 Å². The molecule has 3 aromatic rings. The van der Waals surface area contributed by atoms with Crippen LogP contribution in [0.5, 0.6) is 0 Å². The highest BCUT2D eigenvalue weighted by atomic mass is 28.4. The fourth-order valence-electron chi connectivity index (χ4n) is 9.82. The Morgan fingerprint density at radius 2 is 1.21 bits per heavy atom. The maximum absolute atomic E-state index is 15.1. The van der Waals surface area contributed by atoms with E-state index in [0.29, 0.717) is 18.4 Å². The number of hydrogen-bond acceptors (Lipinski definition) is 13. The molecule has 1 fully saturated rings. The molecular formula is C65H93N7O13Si. The van der Waals surface area contributed by atoms with Gasteiger partial charge in [0, 0.05) is 18.9 Å². The Kier molecular flexibility index (Phi) is 24.6.